The molecule has 0 aromatic rings. The summed E-state index contributed by atoms with van der Waals surface area (Å²) in [6, 6.07) is -2.24. The summed E-state index contributed by atoms with van der Waals surface area (Å²) in [6.07, 6.45) is -4.62. The van der Waals surface area contributed by atoms with Crippen LogP contribution >= 0.6 is 0 Å². The van der Waals surface area contributed by atoms with E-state index in [0.29, 0.717) is 0 Å². The Hall–Kier alpha value is -0.780. The molecule has 0 heterocycles. The number of carbonyl (C=O) groups excluding carboxylic acids is 1. The van der Waals surface area contributed by atoms with Gasteiger partial charge >= 0.3 is 12.1 Å². The molecule has 96 valence electrons. The van der Waals surface area contributed by atoms with Crippen LogP contribution in [0.4, 0.5) is 13.2 Å². The first-order valence-electron chi connectivity index (χ1n) is 4.84. The van der Waals surface area contributed by atoms with Crippen molar-refractivity contribution in [3.8, 4) is 0 Å². The van der Waals surface area contributed by atoms with Crippen LogP contribution in [0.3, 0.4) is 0 Å². The Balaban J connectivity index is 4.86. The average Bonchev–Trinajstić information content (AvgIpc) is 1.97. The van der Waals surface area contributed by atoms with Crippen molar-refractivity contribution < 1.29 is 22.7 Å². The molecule has 0 aliphatic heterocycles. The first-order chi connectivity index (χ1) is 6.78. The third-order valence-electron chi connectivity index (χ3n) is 2.06. The monoisotopic (exact) mass is 241 g/mol. The van der Waals surface area contributed by atoms with Crippen LogP contribution in [0.5, 0.6) is 0 Å². The molecule has 6 heteroatoms. The summed E-state index contributed by atoms with van der Waals surface area (Å²) in [4.78, 5) is 11.6. The molecule has 3 nitrogen and oxygen atoms in total. The zero-order valence-corrected chi connectivity index (χ0v) is 10.1. The van der Waals surface area contributed by atoms with Crippen molar-refractivity contribution >= 4 is 5.97 Å². The maximum Gasteiger partial charge on any atom is 0.404 e. The van der Waals surface area contributed by atoms with Crippen molar-refractivity contribution in [1.29, 1.82) is 0 Å². The Bertz CT molecular complexity index is 266. The lowest BCUT2D eigenvalue weighted by Crippen LogP contribution is -2.54. The second-order valence-electron chi connectivity index (χ2n) is 5.24. The average molecular weight is 241 g/mol. The lowest BCUT2D eigenvalue weighted by atomic mass is 9.84. The molecular weight excluding hydrogens is 223 g/mol. The summed E-state index contributed by atoms with van der Waals surface area (Å²) < 4.78 is 42.1. The summed E-state index contributed by atoms with van der Waals surface area (Å²) in [5, 5.41) is 0. The molecule has 0 rings (SSSR count). The predicted octanol–water partition coefficient (Wildman–Crippen LogP) is 2.24. The molecule has 0 bridgehead atoms. The molecular formula is C10H18F3NO2. The summed E-state index contributed by atoms with van der Waals surface area (Å²) >= 11 is 0. The third-order valence-corrected chi connectivity index (χ3v) is 2.06. The first-order valence-corrected chi connectivity index (χ1v) is 4.84. The van der Waals surface area contributed by atoms with Crippen molar-refractivity contribution in [3.05, 3.63) is 0 Å². The fourth-order valence-corrected chi connectivity index (χ4v) is 0.946. The van der Waals surface area contributed by atoms with Crippen molar-refractivity contribution in [1.82, 2.24) is 0 Å². The fraction of sp³-hybridized carbons (Fsp3) is 0.900. The van der Waals surface area contributed by atoms with Gasteiger partial charge in [-0.25, -0.2) is 0 Å². The highest BCUT2D eigenvalue weighted by molar-refractivity contribution is 5.77. The number of ether oxygens (including phenoxy) is 1. The second-order valence-corrected chi connectivity index (χ2v) is 5.24. The first kappa shape index (κ1) is 15.2. The van der Waals surface area contributed by atoms with Gasteiger partial charge < -0.3 is 10.5 Å². The van der Waals surface area contributed by atoms with Gasteiger partial charge in [-0.15, -0.1) is 0 Å². The smallest absolute Gasteiger partial charge is 0.404 e. The highest BCUT2D eigenvalue weighted by Gasteiger charge is 2.51. The van der Waals surface area contributed by atoms with Crippen LogP contribution in [-0.2, 0) is 9.53 Å². The van der Waals surface area contributed by atoms with Crippen LogP contribution < -0.4 is 5.73 Å². The predicted molar refractivity (Wildman–Crippen MR) is 53.7 cm³/mol. The van der Waals surface area contributed by atoms with E-state index < -0.39 is 29.2 Å². The normalized spacial score (nSPS) is 15.8. The maximum absolute atomic E-state index is 12.4. The SMILES string of the molecule is CC(C)(C)OC(=O)C(C)(C)[C@H](N)C(F)(F)F. The van der Waals surface area contributed by atoms with E-state index in [1.54, 1.807) is 20.8 Å². The number of rotatable bonds is 2. The van der Waals surface area contributed by atoms with E-state index >= 15 is 0 Å². The maximum atomic E-state index is 12.4. The largest absolute Gasteiger partial charge is 0.460 e. The van der Waals surface area contributed by atoms with Gasteiger partial charge in [0.15, 0.2) is 0 Å². The standard InChI is InChI=1S/C10H18F3NO2/c1-8(2,3)16-7(15)9(4,5)6(14)10(11,12)13/h6H,14H2,1-5H3/t6-/m0/s1. The van der Waals surface area contributed by atoms with Crippen LogP contribution in [-0.4, -0.2) is 23.8 Å². The number of nitrogens with two attached hydrogens (primary N) is 1. The Kier molecular flexibility index (Phi) is 4.03. The topological polar surface area (TPSA) is 52.3 Å². The minimum atomic E-state index is -4.62. The quantitative estimate of drug-likeness (QED) is 0.754. The van der Waals surface area contributed by atoms with Crippen LogP contribution in [0.2, 0.25) is 0 Å². The zero-order chi connectivity index (χ0) is 13.4. The molecule has 0 saturated heterocycles. The number of carbonyl (C=O) groups is 1. The van der Waals surface area contributed by atoms with Crippen LogP contribution in [0.15, 0.2) is 0 Å². The summed E-state index contributed by atoms with van der Waals surface area (Å²) in [5.74, 6) is -0.954. The molecule has 0 unspecified atom stereocenters. The second kappa shape index (κ2) is 4.24. The van der Waals surface area contributed by atoms with Gasteiger partial charge in [-0.1, -0.05) is 0 Å². The highest BCUT2D eigenvalue weighted by Crippen LogP contribution is 2.34. The summed E-state index contributed by atoms with van der Waals surface area (Å²) in [6.45, 7) is 7.00. The molecule has 1 atom stereocenters. The molecule has 16 heavy (non-hydrogen) atoms. The van der Waals surface area contributed by atoms with Crippen molar-refractivity contribution in [2.24, 2.45) is 11.1 Å². The highest BCUT2D eigenvalue weighted by atomic mass is 19.4. The number of alkyl halides is 3. The van der Waals surface area contributed by atoms with Crippen molar-refractivity contribution in [2.75, 3.05) is 0 Å². The molecule has 0 aliphatic carbocycles. The van der Waals surface area contributed by atoms with Gasteiger partial charge in [0.2, 0.25) is 0 Å². The van der Waals surface area contributed by atoms with Crippen molar-refractivity contribution in [2.45, 2.75) is 52.4 Å². The Morgan fingerprint density at radius 1 is 1.12 bits per heavy atom. The van der Waals surface area contributed by atoms with Gasteiger partial charge in [-0.3, -0.25) is 4.79 Å². The number of halogens is 3. The van der Waals surface area contributed by atoms with Crippen LogP contribution in [0, 0.1) is 5.41 Å². The molecule has 2 N–H and O–H groups in total. The van der Waals surface area contributed by atoms with Gasteiger partial charge in [-0.2, -0.15) is 13.2 Å². The van der Waals surface area contributed by atoms with Gasteiger partial charge in [0, 0.05) is 0 Å². The zero-order valence-electron chi connectivity index (χ0n) is 10.1. The van der Waals surface area contributed by atoms with Crippen molar-refractivity contribution in [3.63, 3.8) is 0 Å². The van der Waals surface area contributed by atoms with Gasteiger partial charge in [0.25, 0.3) is 0 Å². The van der Waals surface area contributed by atoms with E-state index in [9.17, 15) is 18.0 Å². The van der Waals surface area contributed by atoms with Crippen LogP contribution in [0.25, 0.3) is 0 Å². The molecule has 0 saturated carbocycles. The molecule has 0 aromatic carbocycles. The molecule has 0 aliphatic rings. The molecule has 0 aromatic heterocycles. The molecule has 0 fully saturated rings. The lowest BCUT2D eigenvalue weighted by molar-refractivity contribution is -0.194. The van der Waals surface area contributed by atoms with Crippen LogP contribution in [0.1, 0.15) is 34.6 Å². The minimum absolute atomic E-state index is 0.834. The minimum Gasteiger partial charge on any atom is -0.460 e. The molecule has 0 amide bonds. The molecule has 0 spiro atoms. The van der Waals surface area contributed by atoms with Gasteiger partial charge in [0.1, 0.15) is 11.6 Å². The van der Waals surface area contributed by atoms with E-state index in [1.165, 1.54) is 0 Å². The number of hydrogen-bond donors (Lipinski definition) is 1. The number of esters is 1. The van der Waals surface area contributed by atoms with E-state index in [-0.39, 0.29) is 0 Å². The Morgan fingerprint density at radius 2 is 1.50 bits per heavy atom. The van der Waals surface area contributed by atoms with Gasteiger partial charge in [-0.05, 0) is 34.6 Å². The van der Waals surface area contributed by atoms with E-state index in [2.05, 4.69) is 0 Å². The Labute approximate surface area is 93.1 Å². The van der Waals surface area contributed by atoms with E-state index in [4.69, 9.17) is 10.5 Å². The van der Waals surface area contributed by atoms with Gasteiger partial charge in [0.05, 0.1) is 5.41 Å². The Morgan fingerprint density at radius 3 is 1.75 bits per heavy atom. The fourth-order valence-electron chi connectivity index (χ4n) is 0.946. The molecule has 0 radical (unpaired) electrons. The van der Waals surface area contributed by atoms with E-state index in [0.717, 1.165) is 13.8 Å². The third kappa shape index (κ3) is 4.00. The summed E-state index contributed by atoms with van der Waals surface area (Å²) in [7, 11) is 0. The number of hydrogen-bond acceptors (Lipinski definition) is 3. The summed E-state index contributed by atoms with van der Waals surface area (Å²) in [5.41, 5.74) is 2.39. The lowest BCUT2D eigenvalue weighted by Gasteiger charge is -2.33. The van der Waals surface area contributed by atoms with E-state index in [1.807, 2.05) is 0 Å².